The van der Waals surface area contributed by atoms with Crippen LogP contribution in [-0.4, -0.2) is 21.5 Å². The smallest absolute Gasteiger partial charge is 0.260 e. The van der Waals surface area contributed by atoms with E-state index in [1.807, 2.05) is 17.5 Å². The highest BCUT2D eigenvalue weighted by atomic mass is 32.2. The number of rotatable bonds is 6. The van der Waals surface area contributed by atoms with Crippen LogP contribution in [0.15, 0.2) is 27.5 Å². The van der Waals surface area contributed by atoms with Crippen LogP contribution < -0.4 is 5.56 Å². The van der Waals surface area contributed by atoms with Gasteiger partial charge in [0.2, 0.25) is 0 Å². The quantitative estimate of drug-likeness (QED) is 0.274. The van der Waals surface area contributed by atoms with Crippen LogP contribution in [0.25, 0.3) is 10.2 Å². The number of hydrogen-bond donors (Lipinski definition) is 1. The van der Waals surface area contributed by atoms with Crippen molar-refractivity contribution in [2.75, 3.05) is 5.75 Å². The van der Waals surface area contributed by atoms with Gasteiger partial charge in [0, 0.05) is 17.1 Å². The van der Waals surface area contributed by atoms with Crippen LogP contribution in [0.3, 0.4) is 0 Å². The van der Waals surface area contributed by atoms with Crippen molar-refractivity contribution in [1.82, 2.24) is 9.97 Å². The normalized spacial score (nSPS) is 16.7. The summed E-state index contributed by atoms with van der Waals surface area (Å²) in [6.07, 6.45) is 4.50. The first-order chi connectivity index (χ1) is 12.6. The molecule has 26 heavy (non-hydrogen) atoms. The Balaban J connectivity index is 1.43. The van der Waals surface area contributed by atoms with Crippen molar-refractivity contribution in [2.45, 2.75) is 44.2 Å². The van der Waals surface area contributed by atoms with Gasteiger partial charge in [0.15, 0.2) is 10.9 Å². The Hall–Kier alpha value is -1.44. The average molecular weight is 405 g/mol. The van der Waals surface area contributed by atoms with Gasteiger partial charge in [-0.15, -0.1) is 22.7 Å². The van der Waals surface area contributed by atoms with E-state index in [1.165, 1.54) is 33.5 Å². The molecule has 1 aliphatic carbocycles. The van der Waals surface area contributed by atoms with Gasteiger partial charge in [-0.1, -0.05) is 24.8 Å². The van der Waals surface area contributed by atoms with Crippen molar-refractivity contribution in [3.8, 4) is 0 Å². The molecule has 3 aromatic heterocycles. The number of hydrogen-bond acceptors (Lipinski definition) is 6. The number of ketones is 1. The highest BCUT2D eigenvalue weighted by Crippen LogP contribution is 2.36. The number of fused-ring (bicyclic) bond motifs is 3. The van der Waals surface area contributed by atoms with E-state index in [4.69, 9.17) is 0 Å². The molecule has 3 heterocycles. The molecule has 0 aliphatic heterocycles. The standard InChI is InChI=1S/C19H20N2O2S3/c1-11-6-7-12-15(10-11)26-18-16(12)17(23)20-19(21-18)25-9-2-4-13(22)14-5-3-8-24-14/h3,5,8,11H,2,4,6-7,9-10H2,1H3,(H,20,21,23)/t11-/m0/s1. The summed E-state index contributed by atoms with van der Waals surface area (Å²) in [6, 6.07) is 3.77. The second-order valence-corrected chi connectivity index (χ2v) is 9.87. The lowest BCUT2D eigenvalue weighted by Crippen LogP contribution is -2.13. The average Bonchev–Trinajstić information content (AvgIpc) is 3.25. The number of aryl methyl sites for hydroxylation is 1. The molecule has 0 fully saturated rings. The zero-order chi connectivity index (χ0) is 18.1. The lowest BCUT2D eigenvalue weighted by Gasteiger charge is -2.17. The summed E-state index contributed by atoms with van der Waals surface area (Å²) in [5.74, 6) is 1.65. The second-order valence-electron chi connectivity index (χ2n) is 6.76. The predicted molar refractivity (Wildman–Crippen MR) is 110 cm³/mol. The molecule has 0 radical (unpaired) electrons. The lowest BCUT2D eigenvalue weighted by atomic mass is 9.89. The van der Waals surface area contributed by atoms with Crippen LogP contribution in [0.2, 0.25) is 0 Å². The molecule has 0 spiro atoms. The summed E-state index contributed by atoms with van der Waals surface area (Å²) < 4.78 is 0. The number of H-pyrrole nitrogens is 1. The van der Waals surface area contributed by atoms with Crippen molar-refractivity contribution in [3.05, 3.63) is 43.2 Å². The third kappa shape index (κ3) is 3.66. The van der Waals surface area contributed by atoms with Crippen molar-refractivity contribution in [2.24, 2.45) is 5.92 Å². The van der Waals surface area contributed by atoms with E-state index >= 15 is 0 Å². The van der Waals surface area contributed by atoms with Gasteiger partial charge in [0.05, 0.1) is 10.3 Å². The van der Waals surface area contributed by atoms with E-state index < -0.39 is 0 Å². The number of aromatic amines is 1. The summed E-state index contributed by atoms with van der Waals surface area (Å²) in [6.45, 7) is 2.27. The minimum atomic E-state index is -0.0146. The Kier molecular flexibility index (Phi) is 5.29. The predicted octanol–water partition coefficient (Wildman–Crippen LogP) is 4.93. The van der Waals surface area contributed by atoms with Crippen LogP contribution in [0.5, 0.6) is 0 Å². The Bertz CT molecular complexity index is 988. The number of Topliss-reactive ketones (excluding diaryl/α,β-unsaturated/α-hetero) is 1. The van der Waals surface area contributed by atoms with Gasteiger partial charge in [-0.05, 0) is 48.6 Å². The maximum atomic E-state index is 12.6. The number of nitrogens with one attached hydrogen (secondary N) is 1. The molecule has 7 heteroatoms. The van der Waals surface area contributed by atoms with E-state index in [1.54, 1.807) is 11.3 Å². The van der Waals surface area contributed by atoms with Crippen molar-refractivity contribution in [3.63, 3.8) is 0 Å². The summed E-state index contributed by atoms with van der Waals surface area (Å²) in [5, 5.41) is 3.39. The highest BCUT2D eigenvalue weighted by molar-refractivity contribution is 7.99. The topological polar surface area (TPSA) is 62.8 Å². The Labute approximate surface area is 164 Å². The third-order valence-corrected chi connectivity index (χ3v) is 7.75. The molecule has 0 aromatic carbocycles. The molecule has 4 rings (SSSR count). The highest BCUT2D eigenvalue weighted by Gasteiger charge is 2.23. The van der Waals surface area contributed by atoms with Gasteiger partial charge in [-0.25, -0.2) is 4.98 Å². The van der Waals surface area contributed by atoms with Gasteiger partial charge in [0.25, 0.3) is 5.56 Å². The van der Waals surface area contributed by atoms with Crippen LogP contribution in [0.1, 0.15) is 46.3 Å². The van der Waals surface area contributed by atoms with E-state index in [2.05, 4.69) is 16.9 Å². The fourth-order valence-corrected chi connectivity index (χ4v) is 6.30. The van der Waals surface area contributed by atoms with Gasteiger partial charge >= 0.3 is 0 Å². The number of thioether (sulfide) groups is 1. The fourth-order valence-electron chi connectivity index (χ4n) is 3.36. The minimum absolute atomic E-state index is 0.0146. The summed E-state index contributed by atoms with van der Waals surface area (Å²) >= 11 is 4.69. The zero-order valence-electron chi connectivity index (χ0n) is 14.5. The lowest BCUT2D eigenvalue weighted by molar-refractivity contribution is 0.0986. The largest absolute Gasteiger partial charge is 0.301 e. The number of aromatic nitrogens is 2. The number of carbonyl (C=O) groups excluding carboxylic acids is 1. The van der Waals surface area contributed by atoms with Crippen molar-refractivity contribution >= 4 is 50.4 Å². The molecule has 136 valence electrons. The van der Waals surface area contributed by atoms with Crippen LogP contribution in [0, 0.1) is 5.92 Å². The van der Waals surface area contributed by atoms with Gasteiger partial charge in [-0.2, -0.15) is 0 Å². The molecule has 0 bridgehead atoms. The monoisotopic (exact) mass is 404 g/mol. The fraction of sp³-hybridized carbons (Fsp3) is 0.421. The molecule has 1 N–H and O–H groups in total. The second kappa shape index (κ2) is 7.66. The molecule has 0 unspecified atom stereocenters. The molecule has 0 saturated heterocycles. The van der Waals surface area contributed by atoms with Gasteiger partial charge < -0.3 is 4.98 Å². The first-order valence-electron chi connectivity index (χ1n) is 8.86. The minimum Gasteiger partial charge on any atom is -0.301 e. The molecule has 0 amide bonds. The Morgan fingerprint density at radius 3 is 3.15 bits per heavy atom. The maximum Gasteiger partial charge on any atom is 0.260 e. The Morgan fingerprint density at radius 2 is 2.35 bits per heavy atom. The summed E-state index contributed by atoms with van der Waals surface area (Å²) in [4.78, 5) is 35.2. The first-order valence-corrected chi connectivity index (χ1v) is 11.5. The van der Waals surface area contributed by atoms with Gasteiger partial charge in [0.1, 0.15) is 4.83 Å². The molecule has 1 aliphatic rings. The van der Waals surface area contributed by atoms with Crippen molar-refractivity contribution in [1.29, 1.82) is 0 Å². The van der Waals surface area contributed by atoms with E-state index in [-0.39, 0.29) is 11.3 Å². The van der Waals surface area contributed by atoms with Crippen molar-refractivity contribution < 1.29 is 4.79 Å². The molecule has 1 atom stereocenters. The third-order valence-electron chi connectivity index (χ3n) is 4.73. The van der Waals surface area contributed by atoms with E-state index in [9.17, 15) is 9.59 Å². The van der Waals surface area contributed by atoms with Crippen LogP contribution >= 0.6 is 34.4 Å². The SMILES string of the molecule is C[C@H]1CCc2c(sc3nc(SCCCC(=O)c4cccs4)[nH]c(=O)c23)C1. The molecule has 4 nitrogen and oxygen atoms in total. The number of thiophene rings is 2. The Morgan fingerprint density at radius 1 is 1.46 bits per heavy atom. The van der Waals surface area contributed by atoms with Gasteiger partial charge in [-0.3, -0.25) is 9.59 Å². The number of nitrogens with zero attached hydrogens (tertiary/aromatic N) is 1. The molecular weight excluding hydrogens is 384 g/mol. The van der Waals surface area contributed by atoms with Crippen LogP contribution in [0.4, 0.5) is 0 Å². The molecule has 0 saturated carbocycles. The molecule has 3 aromatic rings. The van der Waals surface area contributed by atoms with E-state index in [0.717, 1.165) is 46.5 Å². The summed E-state index contributed by atoms with van der Waals surface area (Å²) in [7, 11) is 0. The summed E-state index contributed by atoms with van der Waals surface area (Å²) in [5.41, 5.74) is 1.20. The van der Waals surface area contributed by atoms with E-state index in [0.29, 0.717) is 17.5 Å². The van der Waals surface area contributed by atoms with Crippen LogP contribution in [-0.2, 0) is 12.8 Å². The molecular formula is C19H20N2O2S3. The number of carbonyl (C=O) groups is 1. The first kappa shape index (κ1) is 17.9. The zero-order valence-corrected chi connectivity index (χ0v) is 17.0. The maximum absolute atomic E-state index is 12.6.